The Morgan fingerprint density at radius 3 is 2.26 bits per heavy atom. The number of aliphatic hydroxyl groups excluding tert-OH is 2. The van der Waals surface area contributed by atoms with E-state index in [4.69, 9.17) is 22.9 Å². The highest BCUT2D eigenvalue weighted by molar-refractivity contribution is 7.95. The third-order valence-corrected chi connectivity index (χ3v) is 13.7. The van der Waals surface area contributed by atoms with Crippen LogP contribution in [0, 0.1) is 12.8 Å². The van der Waals surface area contributed by atoms with Gasteiger partial charge in [-0.25, -0.2) is 24.9 Å². The van der Waals surface area contributed by atoms with E-state index >= 15 is 0 Å². The minimum absolute atomic E-state index is 0.0253. The van der Waals surface area contributed by atoms with Gasteiger partial charge in [0.2, 0.25) is 29.5 Å². The lowest BCUT2D eigenvalue weighted by atomic mass is 9.96. The number of H-pyrrole nitrogens is 1. The number of hydrogen-bond acceptors (Lipinski definition) is 19. The standard InChI is InChI=1S/C42H62N16O9S3/c1-7-23(38(64)49-11-9-29-53-27(17-68-29)42-55-26(16-69-42)39(65)48-10-8-12-70(5)6)54-37(63)20(3)32(60)21(4)52-41(67)31(33(61)25-15-47-18-51-25)57-40(66)30-19(2)34(45)58-36(56-30)24(13-28(44)59)50-14-22(43)35(46)62/h15-18,20-24,31-33,50,60-61H,7-14,43H2,1-6H3,(H11-,44,45,46,47,48,49,51,52,54,56,57,58,59,62,63,64,65,66,67)/p+1/t20-,21+,22-,23-,24-,31-,32-,33-/m0/s1. The Hall–Kier alpha value is -6.17. The van der Waals surface area contributed by atoms with Crippen molar-refractivity contribution in [2.75, 3.05) is 43.6 Å². The van der Waals surface area contributed by atoms with Crippen molar-refractivity contribution >= 4 is 80.7 Å². The van der Waals surface area contributed by atoms with Crippen LogP contribution in [0.4, 0.5) is 5.82 Å². The van der Waals surface area contributed by atoms with Gasteiger partial charge in [0.15, 0.2) is 0 Å². The Morgan fingerprint density at radius 1 is 0.886 bits per heavy atom. The van der Waals surface area contributed by atoms with E-state index in [1.807, 2.05) is 5.38 Å². The average Bonchev–Trinajstić information content (AvgIpc) is 4.13. The number of nitrogen functional groups attached to an aromatic ring is 1. The molecular formula is C42H63N16O9S3+. The number of aromatic nitrogens is 6. The largest absolute Gasteiger partial charge is 0.390 e. The van der Waals surface area contributed by atoms with E-state index in [0.29, 0.717) is 40.3 Å². The van der Waals surface area contributed by atoms with Crippen molar-refractivity contribution in [2.45, 2.75) is 95.8 Å². The molecule has 25 nitrogen and oxygen atoms in total. The quantitative estimate of drug-likeness (QED) is 0.0208. The molecule has 0 bridgehead atoms. The number of nitrogens with zero attached hydrogens (tertiary/aromatic N) is 5. The van der Waals surface area contributed by atoms with Gasteiger partial charge in [-0.05, 0) is 31.2 Å². The van der Waals surface area contributed by atoms with Crippen LogP contribution in [-0.4, -0.2) is 150 Å². The summed E-state index contributed by atoms with van der Waals surface area (Å²) >= 11 is 2.69. The molecule has 382 valence electrons. The molecule has 0 radical (unpaired) electrons. The van der Waals surface area contributed by atoms with E-state index in [-0.39, 0.29) is 54.0 Å². The molecule has 70 heavy (non-hydrogen) atoms. The van der Waals surface area contributed by atoms with Crippen LogP contribution < -0.4 is 54.8 Å². The molecule has 4 aromatic rings. The highest BCUT2D eigenvalue weighted by Crippen LogP contribution is 2.26. The maximum absolute atomic E-state index is 13.9. The van der Waals surface area contributed by atoms with E-state index in [0.717, 1.165) is 17.2 Å². The second kappa shape index (κ2) is 26.7. The lowest BCUT2D eigenvalue weighted by Gasteiger charge is -2.29. The summed E-state index contributed by atoms with van der Waals surface area (Å²) in [6, 6.07) is -6.16. The highest BCUT2D eigenvalue weighted by Gasteiger charge is 2.36. The minimum atomic E-state index is -1.77. The molecule has 17 N–H and O–H groups in total. The Morgan fingerprint density at radius 2 is 1.61 bits per heavy atom. The molecule has 4 aromatic heterocycles. The number of rotatable bonds is 28. The van der Waals surface area contributed by atoms with Gasteiger partial charge in [0, 0.05) is 55.2 Å². The number of carbonyl (C=O) groups is 7. The van der Waals surface area contributed by atoms with Gasteiger partial charge in [-0.15, -0.1) is 22.7 Å². The number of hydrogen-bond donors (Lipinski definition) is 13. The van der Waals surface area contributed by atoms with E-state index in [9.17, 15) is 43.8 Å². The van der Waals surface area contributed by atoms with Crippen molar-refractivity contribution in [3.05, 3.63) is 56.8 Å². The zero-order chi connectivity index (χ0) is 51.8. The summed E-state index contributed by atoms with van der Waals surface area (Å²) < 4.78 is 0. The minimum Gasteiger partial charge on any atom is -0.390 e. The highest BCUT2D eigenvalue weighted by atomic mass is 32.2. The first-order valence-electron chi connectivity index (χ1n) is 22.1. The molecule has 0 saturated carbocycles. The topological polar surface area (TPSA) is 416 Å². The van der Waals surface area contributed by atoms with E-state index < -0.39 is 90.2 Å². The third-order valence-electron chi connectivity index (χ3n) is 10.8. The van der Waals surface area contributed by atoms with Crippen LogP contribution in [0.3, 0.4) is 0 Å². The number of amides is 7. The number of primary amides is 2. The van der Waals surface area contributed by atoms with Gasteiger partial charge in [0.05, 0.1) is 65.9 Å². The van der Waals surface area contributed by atoms with Crippen molar-refractivity contribution in [3.63, 3.8) is 0 Å². The Labute approximate surface area is 414 Å². The third kappa shape index (κ3) is 16.2. The molecule has 0 fully saturated rings. The fraction of sp³-hybridized carbons (Fsp3) is 0.524. The van der Waals surface area contributed by atoms with E-state index in [1.165, 1.54) is 56.0 Å². The normalized spacial score (nSPS) is 14.8. The molecule has 0 aliphatic rings. The molecule has 4 heterocycles. The fourth-order valence-corrected chi connectivity index (χ4v) is 8.93. The van der Waals surface area contributed by atoms with Crippen molar-refractivity contribution in [1.29, 1.82) is 0 Å². The molecular weight excluding hydrogens is 969 g/mol. The van der Waals surface area contributed by atoms with E-state index in [2.05, 4.69) is 74.3 Å². The van der Waals surface area contributed by atoms with Crippen LogP contribution in [0.25, 0.3) is 10.7 Å². The van der Waals surface area contributed by atoms with Gasteiger partial charge >= 0.3 is 0 Å². The first kappa shape index (κ1) is 56.4. The SMILES string of the molecule is CC[C@H](NC(=O)[C@@H](C)[C@H](O)[C@@H](C)NC(=O)[C@@H](NC(=O)c1nc([C@H](CC(N)=O)NC[C@H](N)C(N)=O)nc(N)c1C)[C@@H](O)c1cnc[nH]1)C(=O)NCCc1nc(-c2nc(C(=O)NCCC[S+](C)C)cs2)cs1. The molecule has 0 spiro atoms. The van der Waals surface area contributed by atoms with E-state index in [1.54, 1.807) is 12.3 Å². The number of thiazole rings is 2. The first-order chi connectivity index (χ1) is 33.1. The average molecular weight is 1030 g/mol. The van der Waals surface area contributed by atoms with Crippen molar-refractivity contribution in [1.82, 2.24) is 61.8 Å². The van der Waals surface area contributed by atoms with Crippen LogP contribution in [0.5, 0.6) is 0 Å². The van der Waals surface area contributed by atoms with Crippen molar-refractivity contribution in [3.8, 4) is 10.7 Å². The number of anilines is 1. The summed E-state index contributed by atoms with van der Waals surface area (Å²) in [5, 5.41) is 43.6. The lowest BCUT2D eigenvalue weighted by Crippen LogP contribution is -2.56. The second-order valence-corrected chi connectivity index (χ2v) is 20.7. The lowest BCUT2D eigenvalue weighted by molar-refractivity contribution is -0.134. The molecule has 4 rings (SSSR count). The summed E-state index contributed by atoms with van der Waals surface area (Å²) in [6.07, 6.45) is 4.58. The molecule has 0 saturated heterocycles. The summed E-state index contributed by atoms with van der Waals surface area (Å²) in [6.45, 7) is 6.49. The monoisotopic (exact) mass is 1030 g/mol. The number of aliphatic hydroxyl groups is 2. The van der Waals surface area contributed by atoms with Crippen LogP contribution in [0.1, 0.15) is 95.2 Å². The molecule has 0 aliphatic heterocycles. The summed E-state index contributed by atoms with van der Waals surface area (Å²) in [7, 11) is 0.308. The number of carbonyl (C=O) groups excluding carboxylic acids is 7. The first-order valence-corrected chi connectivity index (χ1v) is 26.1. The fourth-order valence-electron chi connectivity index (χ4n) is 6.59. The number of imidazole rings is 1. The Kier molecular flexibility index (Phi) is 21.5. The van der Waals surface area contributed by atoms with Crippen LogP contribution in [0.2, 0.25) is 0 Å². The molecule has 28 heteroatoms. The zero-order valence-electron chi connectivity index (χ0n) is 39.6. The number of nitrogens with two attached hydrogens (primary N) is 4. The van der Waals surface area contributed by atoms with Crippen LogP contribution in [0.15, 0.2) is 23.3 Å². The van der Waals surface area contributed by atoms with Crippen molar-refractivity contribution in [2.24, 2.45) is 23.1 Å². The van der Waals surface area contributed by atoms with Gasteiger partial charge in [0.1, 0.15) is 57.7 Å². The maximum Gasteiger partial charge on any atom is 0.271 e. The Balaban J connectivity index is 1.36. The predicted molar refractivity (Wildman–Crippen MR) is 264 cm³/mol. The molecule has 0 aromatic carbocycles. The molecule has 8 atom stereocenters. The van der Waals surface area contributed by atoms with Crippen molar-refractivity contribution < 1.29 is 43.8 Å². The molecule has 0 aliphatic carbocycles. The maximum atomic E-state index is 13.9. The summed E-state index contributed by atoms with van der Waals surface area (Å²) in [5.41, 5.74) is 23.2. The number of aromatic amines is 1. The summed E-state index contributed by atoms with van der Waals surface area (Å²) in [5.74, 6) is -5.54. The second-order valence-electron chi connectivity index (χ2n) is 16.5. The van der Waals surface area contributed by atoms with Crippen LogP contribution in [-0.2, 0) is 41.3 Å². The van der Waals surface area contributed by atoms with Crippen LogP contribution >= 0.6 is 22.7 Å². The van der Waals surface area contributed by atoms with Gasteiger partial charge in [-0.2, -0.15) is 0 Å². The molecule has 0 unspecified atom stereocenters. The van der Waals surface area contributed by atoms with Gasteiger partial charge < -0.3 is 70.0 Å². The predicted octanol–water partition coefficient (Wildman–Crippen LogP) is -2.43. The number of nitrogens with one attached hydrogen (secondary N) is 7. The Bertz CT molecular complexity index is 2430. The van der Waals surface area contributed by atoms with Gasteiger partial charge in [-0.3, -0.25) is 33.6 Å². The van der Waals surface area contributed by atoms with Gasteiger partial charge in [0.25, 0.3) is 11.8 Å². The smallest absolute Gasteiger partial charge is 0.271 e. The molecule has 7 amide bonds. The summed E-state index contributed by atoms with van der Waals surface area (Å²) in [4.78, 5) is 115. The van der Waals surface area contributed by atoms with Gasteiger partial charge in [-0.1, -0.05) is 13.8 Å². The zero-order valence-corrected chi connectivity index (χ0v) is 42.1.